The lowest BCUT2D eigenvalue weighted by atomic mass is 10.00. The quantitative estimate of drug-likeness (QED) is 0.262. The predicted octanol–water partition coefficient (Wildman–Crippen LogP) is 2.45. The normalized spacial score (nSPS) is 12.4. The molecule has 0 fully saturated rings. The number of ether oxygens (including phenoxy) is 2. The topological polar surface area (TPSA) is 93.1 Å². The third-order valence-corrected chi connectivity index (χ3v) is 3.34. The minimum absolute atomic E-state index is 0.0879. The summed E-state index contributed by atoms with van der Waals surface area (Å²) in [6.07, 6.45) is 3.64. The fourth-order valence-electron chi connectivity index (χ4n) is 1.76. The van der Waals surface area contributed by atoms with E-state index in [1.54, 1.807) is 6.92 Å². The highest BCUT2D eigenvalue weighted by atomic mass is 16.8. The van der Waals surface area contributed by atoms with Gasteiger partial charge in [-0.1, -0.05) is 39.3 Å². The third-order valence-electron chi connectivity index (χ3n) is 3.34. The molecule has 0 heterocycles. The molecule has 0 aliphatic carbocycles. The molecule has 0 amide bonds. The van der Waals surface area contributed by atoms with Crippen LogP contribution in [0, 0.1) is 5.92 Å². The molecule has 0 aromatic carbocycles. The Kier molecular flexibility index (Phi) is 9.44. The van der Waals surface area contributed by atoms with E-state index in [9.17, 15) is 14.7 Å². The van der Waals surface area contributed by atoms with Crippen LogP contribution in [0.4, 0.5) is 0 Å². The Hall–Kier alpha value is -1.66. The number of aliphatic hydroxyl groups excluding tert-OH is 1. The summed E-state index contributed by atoms with van der Waals surface area (Å²) < 4.78 is 9.91. The molecule has 23 heavy (non-hydrogen) atoms. The van der Waals surface area contributed by atoms with Crippen LogP contribution in [0.5, 0.6) is 0 Å². The zero-order chi connectivity index (χ0) is 18.0. The Labute approximate surface area is 137 Å². The molecule has 0 aromatic rings. The van der Waals surface area contributed by atoms with Crippen molar-refractivity contribution in [2.45, 2.75) is 58.8 Å². The van der Waals surface area contributed by atoms with E-state index in [-0.39, 0.29) is 17.8 Å². The molecule has 0 aliphatic heterocycles. The van der Waals surface area contributed by atoms with E-state index in [0.717, 1.165) is 19.3 Å². The van der Waals surface area contributed by atoms with Crippen LogP contribution in [0.1, 0.15) is 52.9 Å². The first-order chi connectivity index (χ1) is 10.6. The van der Waals surface area contributed by atoms with Crippen molar-refractivity contribution in [2.75, 3.05) is 6.61 Å². The van der Waals surface area contributed by atoms with Crippen LogP contribution < -0.4 is 0 Å². The Morgan fingerprint density at radius 2 is 1.43 bits per heavy atom. The molecular formula is C17H28O6. The first-order valence-electron chi connectivity index (χ1n) is 7.75. The molecule has 2 N–H and O–H groups in total. The lowest BCUT2D eigenvalue weighted by Crippen LogP contribution is -2.46. The highest BCUT2D eigenvalue weighted by Gasteiger charge is 2.42. The molecule has 6 nitrogen and oxygen atoms in total. The zero-order valence-corrected chi connectivity index (χ0v) is 14.3. The highest BCUT2D eigenvalue weighted by molar-refractivity contribution is 5.88. The Balaban J connectivity index is 4.87. The lowest BCUT2D eigenvalue weighted by molar-refractivity contribution is -0.345. The zero-order valence-electron chi connectivity index (χ0n) is 14.3. The number of unbranched alkanes of at least 4 members (excludes halogenated alkanes) is 3. The molecule has 0 saturated heterocycles. The van der Waals surface area contributed by atoms with Gasteiger partial charge in [-0.15, -0.1) is 0 Å². The number of carbonyl (C=O) groups excluding carboxylic acids is 2. The number of hydrogen-bond acceptors (Lipinski definition) is 6. The fraction of sp³-hybridized carbons (Fsp3) is 0.647. The van der Waals surface area contributed by atoms with Crippen LogP contribution in [0.2, 0.25) is 0 Å². The standard InChI is InChI=1S/C17H28O6/c1-12(2)15(19)22-17(21,23-16(20)13(3)4)14(5)10-8-6-7-9-11-18/h14,18,21H,1,3,6-11H2,2,4-5H3. The van der Waals surface area contributed by atoms with E-state index < -0.39 is 23.8 Å². The van der Waals surface area contributed by atoms with Crippen LogP contribution >= 0.6 is 0 Å². The van der Waals surface area contributed by atoms with Gasteiger partial charge in [0.25, 0.3) is 0 Å². The van der Waals surface area contributed by atoms with Crippen molar-refractivity contribution >= 4 is 11.9 Å². The Bertz CT molecular complexity index is 412. The molecule has 0 rings (SSSR count). The van der Waals surface area contributed by atoms with Crippen molar-refractivity contribution in [3.05, 3.63) is 24.3 Å². The van der Waals surface area contributed by atoms with Crippen molar-refractivity contribution in [3.8, 4) is 0 Å². The van der Waals surface area contributed by atoms with E-state index in [1.807, 2.05) is 0 Å². The summed E-state index contributed by atoms with van der Waals surface area (Å²) >= 11 is 0. The smallest absolute Gasteiger partial charge is 0.376 e. The number of rotatable bonds is 11. The average molecular weight is 328 g/mol. The molecule has 132 valence electrons. The van der Waals surface area contributed by atoms with Gasteiger partial charge in [0.1, 0.15) is 0 Å². The molecule has 0 saturated carbocycles. The summed E-state index contributed by atoms with van der Waals surface area (Å²) in [6.45, 7) is 11.5. The summed E-state index contributed by atoms with van der Waals surface area (Å²) in [5.74, 6) is -4.66. The minimum Gasteiger partial charge on any atom is -0.396 e. The maximum absolute atomic E-state index is 11.7. The predicted molar refractivity (Wildman–Crippen MR) is 86.1 cm³/mol. The number of esters is 2. The number of aliphatic hydroxyl groups is 2. The van der Waals surface area contributed by atoms with Gasteiger partial charge in [0.05, 0.1) is 5.92 Å². The van der Waals surface area contributed by atoms with Crippen molar-refractivity contribution < 1.29 is 29.3 Å². The van der Waals surface area contributed by atoms with Crippen LogP contribution in [0.15, 0.2) is 24.3 Å². The average Bonchev–Trinajstić information content (AvgIpc) is 2.46. The van der Waals surface area contributed by atoms with Crippen LogP contribution in [0.25, 0.3) is 0 Å². The lowest BCUT2D eigenvalue weighted by Gasteiger charge is -2.32. The van der Waals surface area contributed by atoms with Crippen molar-refractivity contribution in [2.24, 2.45) is 5.92 Å². The molecular weight excluding hydrogens is 300 g/mol. The molecule has 0 spiro atoms. The van der Waals surface area contributed by atoms with Gasteiger partial charge in [0.15, 0.2) is 0 Å². The van der Waals surface area contributed by atoms with E-state index in [0.29, 0.717) is 12.8 Å². The van der Waals surface area contributed by atoms with E-state index in [4.69, 9.17) is 14.6 Å². The first-order valence-corrected chi connectivity index (χ1v) is 7.75. The summed E-state index contributed by atoms with van der Waals surface area (Å²) in [5, 5.41) is 19.2. The minimum atomic E-state index is -2.36. The van der Waals surface area contributed by atoms with Crippen molar-refractivity contribution in [3.63, 3.8) is 0 Å². The molecule has 1 unspecified atom stereocenters. The van der Waals surface area contributed by atoms with Gasteiger partial charge in [-0.25, -0.2) is 9.59 Å². The summed E-state index contributed by atoms with van der Waals surface area (Å²) in [5.41, 5.74) is 0.176. The summed E-state index contributed by atoms with van der Waals surface area (Å²) in [6, 6.07) is 0. The van der Waals surface area contributed by atoms with E-state index in [2.05, 4.69) is 13.2 Å². The third kappa shape index (κ3) is 7.95. The molecule has 0 aromatic heterocycles. The van der Waals surface area contributed by atoms with Gasteiger partial charge in [0.2, 0.25) is 0 Å². The maximum Gasteiger partial charge on any atom is 0.376 e. The van der Waals surface area contributed by atoms with Gasteiger partial charge >= 0.3 is 17.9 Å². The van der Waals surface area contributed by atoms with E-state index >= 15 is 0 Å². The van der Waals surface area contributed by atoms with Gasteiger partial charge in [-0.05, 0) is 26.7 Å². The van der Waals surface area contributed by atoms with Crippen molar-refractivity contribution in [1.29, 1.82) is 0 Å². The molecule has 0 aliphatic rings. The second-order valence-electron chi connectivity index (χ2n) is 5.80. The molecule has 6 heteroatoms. The van der Waals surface area contributed by atoms with Gasteiger partial charge in [0, 0.05) is 17.8 Å². The molecule has 0 radical (unpaired) electrons. The number of carbonyl (C=O) groups is 2. The second-order valence-corrected chi connectivity index (χ2v) is 5.80. The second kappa shape index (κ2) is 10.2. The number of hydrogen-bond donors (Lipinski definition) is 2. The molecule has 0 bridgehead atoms. The van der Waals surface area contributed by atoms with Gasteiger partial charge < -0.3 is 19.7 Å². The van der Waals surface area contributed by atoms with Crippen molar-refractivity contribution in [1.82, 2.24) is 0 Å². The van der Waals surface area contributed by atoms with Crippen LogP contribution in [-0.4, -0.2) is 34.7 Å². The largest absolute Gasteiger partial charge is 0.396 e. The van der Waals surface area contributed by atoms with Crippen LogP contribution in [0.3, 0.4) is 0 Å². The van der Waals surface area contributed by atoms with E-state index in [1.165, 1.54) is 13.8 Å². The van der Waals surface area contributed by atoms with Crippen LogP contribution in [-0.2, 0) is 19.1 Å². The monoisotopic (exact) mass is 328 g/mol. The fourth-order valence-corrected chi connectivity index (χ4v) is 1.76. The van der Waals surface area contributed by atoms with Gasteiger partial charge in [-0.2, -0.15) is 0 Å². The summed E-state index contributed by atoms with van der Waals surface area (Å²) in [4.78, 5) is 23.4. The SMILES string of the molecule is C=C(C)C(=O)OC(O)(OC(=O)C(=C)C)C(C)CCCCCCO. The Morgan fingerprint density at radius 3 is 1.83 bits per heavy atom. The Morgan fingerprint density at radius 1 is 1.00 bits per heavy atom. The maximum atomic E-state index is 11.7. The van der Waals surface area contributed by atoms with Gasteiger partial charge in [-0.3, -0.25) is 0 Å². The molecule has 1 atom stereocenters. The first kappa shape index (κ1) is 21.3. The highest BCUT2D eigenvalue weighted by Crippen LogP contribution is 2.28. The summed E-state index contributed by atoms with van der Waals surface area (Å²) in [7, 11) is 0.